The lowest BCUT2D eigenvalue weighted by atomic mass is 9.96. The summed E-state index contributed by atoms with van der Waals surface area (Å²) in [7, 11) is 0. The number of nitrogens with zero attached hydrogens (tertiary/aromatic N) is 4. The van der Waals surface area contributed by atoms with E-state index in [0.717, 1.165) is 74.7 Å². The van der Waals surface area contributed by atoms with E-state index in [1.807, 2.05) is 24.3 Å². The molecule has 5 aromatic carbocycles. The van der Waals surface area contributed by atoms with Gasteiger partial charge in [0.25, 0.3) is 0 Å². The molecule has 2 aliphatic carbocycles. The second-order valence-corrected chi connectivity index (χ2v) is 12.6. The van der Waals surface area contributed by atoms with Crippen molar-refractivity contribution in [1.82, 2.24) is 9.13 Å². The molecular formula is C45H30N4. The van der Waals surface area contributed by atoms with E-state index in [1.54, 1.807) is 0 Å². The Morgan fingerprint density at radius 3 is 2.24 bits per heavy atom. The van der Waals surface area contributed by atoms with Gasteiger partial charge in [-0.15, -0.1) is 0 Å². The highest BCUT2D eigenvalue weighted by Gasteiger charge is 2.21. The molecule has 0 saturated carbocycles. The Morgan fingerprint density at radius 1 is 0.612 bits per heavy atom. The van der Waals surface area contributed by atoms with Crippen LogP contribution in [0.1, 0.15) is 40.8 Å². The SMILES string of the molecule is N#Cc1ccc(-n2c3c(c4ccccc42)CCC=C3)c(-c2cccc(C3=CCC=C(n4c5ccccc5c5cccc(C#N)c54)C=C3)c2)c1. The fourth-order valence-electron chi connectivity index (χ4n) is 7.72. The van der Waals surface area contributed by atoms with Crippen molar-refractivity contribution in [2.45, 2.75) is 19.3 Å². The number of rotatable bonds is 4. The predicted octanol–water partition coefficient (Wildman–Crippen LogP) is 11.0. The lowest BCUT2D eigenvalue weighted by molar-refractivity contribution is 0.968. The van der Waals surface area contributed by atoms with Crippen LogP contribution in [0, 0.1) is 22.7 Å². The summed E-state index contributed by atoms with van der Waals surface area (Å²) < 4.78 is 4.59. The molecule has 49 heavy (non-hydrogen) atoms. The molecule has 0 aliphatic heterocycles. The van der Waals surface area contributed by atoms with Crippen LogP contribution in [-0.4, -0.2) is 9.13 Å². The van der Waals surface area contributed by atoms with Crippen molar-refractivity contribution in [2.75, 3.05) is 0 Å². The van der Waals surface area contributed by atoms with Gasteiger partial charge in [0, 0.05) is 33.1 Å². The highest BCUT2D eigenvalue weighted by Crippen LogP contribution is 2.39. The summed E-state index contributed by atoms with van der Waals surface area (Å²) in [6, 6.07) is 42.4. The van der Waals surface area contributed by atoms with Crippen molar-refractivity contribution in [3.63, 3.8) is 0 Å². The van der Waals surface area contributed by atoms with Gasteiger partial charge >= 0.3 is 0 Å². The number of benzene rings is 5. The molecule has 0 N–H and O–H groups in total. The van der Waals surface area contributed by atoms with Crippen molar-refractivity contribution < 1.29 is 0 Å². The number of para-hydroxylation sites is 3. The minimum Gasteiger partial charge on any atom is -0.309 e. The van der Waals surface area contributed by atoms with Crippen molar-refractivity contribution >= 4 is 50.1 Å². The Morgan fingerprint density at radius 2 is 1.39 bits per heavy atom. The van der Waals surface area contributed by atoms with Gasteiger partial charge in [-0.1, -0.05) is 91.0 Å². The van der Waals surface area contributed by atoms with E-state index in [4.69, 9.17) is 0 Å². The number of hydrogen-bond acceptors (Lipinski definition) is 2. The fourth-order valence-corrected chi connectivity index (χ4v) is 7.72. The Kier molecular flexibility index (Phi) is 6.75. The summed E-state index contributed by atoms with van der Waals surface area (Å²) in [5, 5.41) is 23.5. The zero-order chi connectivity index (χ0) is 32.9. The van der Waals surface area contributed by atoms with Crippen LogP contribution in [-0.2, 0) is 6.42 Å². The Bertz CT molecular complexity index is 2710. The number of allylic oxidation sites excluding steroid dienone is 7. The largest absolute Gasteiger partial charge is 0.309 e. The second-order valence-electron chi connectivity index (χ2n) is 12.6. The molecule has 2 aliphatic rings. The van der Waals surface area contributed by atoms with Gasteiger partial charge in [-0.3, -0.25) is 0 Å². The minimum absolute atomic E-state index is 0.635. The van der Waals surface area contributed by atoms with Crippen molar-refractivity contribution in [3.05, 3.63) is 168 Å². The zero-order valence-corrected chi connectivity index (χ0v) is 26.8. The molecule has 0 radical (unpaired) electrons. The third-order valence-corrected chi connectivity index (χ3v) is 9.90. The molecule has 0 atom stereocenters. The standard InChI is InChI=1S/C45H30N4/c46-28-30-22-25-44(49-42-20-5-1-15-36(42)37-16-2-6-21-43(37)49)40(26-30)33-12-7-11-32(27-33)31-10-8-14-35(24-23-31)48-41-19-4-3-17-38(41)39-18-9-13-34(29-47)45(39)48/h1,3-7,9-15,17-27H,2,8,16H2. The summed E-state index contributed by atoms with van der Waals surface area (Å²) in [6.45, 7) is 0. The van der Waals surface area contributed by atoms with Crippen LogP contribution < -0.4 is 0 Å². The first-order chi connectivity index (χ1) is 24.2. The molecule has 0 spiro atoms. The molecule has 9 rings (SSSR count). The maximum Gasteiger partial charge on any atom is 0.101 e. The summed E-state index contributed by atoms with van der Waals surface area (Å²) in [4.78, 5) is 0. The summed E-state index contributed by atoms with van der Waals surface area (Å²) in [6.07, 6.45) is 16.1. The van der Waals surface area contributed by atoms with Gasteiger partial charge in [0.1, 0.15) is 6.07 Å². The summed E-state index contributed by atoms with van der Waals surface area (Å²) in [5.41, 5.74) is 13.5. The van der Waals surface area contributed by atoms with Crippen LogP contribution in [0.3, 0.4) is 0 Å². The first-order valence-electron chi connectivity index (χ1n) is 16.7. The third-order valence-electron chi connectivity index (χ3n) is 9.90. The quantitative estimate of drug-likeness (QED) is 0.195. The lowest BCUT2D eigenvalue weighted by Gasteiger charge is -2.17. The highest BCUT2D eigenvalue weighted by molar-refractivity contribution is 6.12. The molecule has 0 bridgehead atoms. The van der Waals surface area contributed by atoms with Gasteiger partial charge in [-0.2, -0.15) is 10.5 Å². The highest BCUT2D eigenvalue weighted by atomic mass is 15.0. The van der Waals surface area contributed by atoms with Crippen LogP contribution in [0.4, 0.5) is 0 Å². The number of hydrogen-bond donors (Lipinski definition) is 0. The Labute approximate surface area is 284 Å². The van der Waals surface area contributed by atoms with E-state index in [0.29, 0.717) is 11.1 Å². The lowest BCUT2D eigenvalue weighted by Crippen LogP contribution is -2.02. The molecule has 4 nitrogen and oxygen atoms in total. The molecule has 2 heterocycles. The maximum atomic E-state index is 10.0. The number of fused-ring (bicyclic) bond motifs is 6. The predicted molar refractivity (Wildman–Crippen MR) is 201 cm³/mol. The van der Waals surface area contributed by atoms with E-state index in [9.17, 15) is 10.5 Å². The van der Waals surface area contributed by atoms with E-state index in [1.165, 1.54) is 22.2 Å². The van der Waals surface area contributed by atoms with E-state index < -0.39 is 0 Å². The normalized spacial score (nSPS) is 13.9. The van der Waals surface area contributed by atoms with Crippen LogP contribution in [0.5, 0.6) is 0 Å². The molecule has 0 amide bonds. The topological polar surface area (TPSA) is 57.4 Å². The Balaban J connectivity index is 1.15. The van der Waals surface area contributed by atoms with Crippen LogP contribution in [0.25, 0.3) is 66.9 Å². The number of nitriles is 2. The summed E-state index contributed by atoms with van der Waals surface area (Å²) >= 11 is 0. The average molecular weight is 627 g/mol. The van der Waals surface area contributed by atoms with Crippen molar-refractivity contribution in [2.24, 2.45) is 0 Å². The molecule has 2 aromatic heterocycles. The van der Waals surface area contributed by atoms with Crippen molar-refractivity contribution in [3.8, 4) is 29.0 Å². The van der Waals surface area contributed by atoms with Gasteiger partial charge in [-0.25, -0.2) is 0 Å². The number of aromatic nitrogens is 2. The summed E-state index contributed by atoms with van der Waals surface area (Å²) in [5.74, 6) is 0. The van der Waals surface area contributed by atoms with Crippen LogP contribution in [0.15, 0.2) is 140 Å². The van der Waals surface area contributed by atoms with Crippen LogP contribution >= 0.6 is 0 Å². The van der Waals surface area contributed by atoms with E-state index >= 15 is 0 Å². The smallest absolute Gasteiger partial charge is 0.101 e. The molecule has 230 valence electrons. The van der Waals surface area contributed by atoms with Gasteiger partial charge in [0.05, 0.1) is 39.4 Å². The van der Waals surface area contributed by atoms with Crippen molar-refractivity contribution in [1.29, 1.82) is 10.5 Å². The molecule has 7 aromatic rings. The zero-order valence-electron chi connectivity index (χ0n) is 26.8. The molecular weight excluding hydrogens is 597 g/mol. The van der Waals surface area contributed by atoms with Crippen LogP contribution in [0.2, 0.25) is 0 Å². The van der Waals surface area contributed by atoms with E-state index in [2.05, 4.69) is 143 Å². The Hall–Kier alpha value is -6.62. The van der Waals surface area contributed by atoms with Gasteiger partial charge in [-0.05, 0) is 96.1 Å². The molecule has 4 heteroatoms. The third kappa shape index (κ3) is 4.58. The molecule has 0 saturated heterocycles. The van der Waals surface area contributed by atoms with E-state index in [-0.39, 0.29) is 0 Å². The maximum absolute atomic E-state index is 10.0. The fraction of sp³-hybridized carbons (Fsp3) is 0.0667. The number of aryl methyl sites for hydroxylation is 1. The first-order valence-corrected chi connectivity index (χ1v) is 16.7. The monoisotopic (exact) mass is 626 g/mol. The minimum atomic E-state index is 0.635. The molecule has 0 unspecified atom stereocenters. The van der Waals surface area contributed by atoms with Gasteiger partial charge in [0.15, 0.2) is 0 Å². The van der Waals surface area contributed by atoms with Gasteiger partial charge in [0.2, 0.25) is 0 Å². The van der Waals surface area contributed by atoms with Gasteiger partial charge < -0.3 is 9.13 Å². The second kappa shape index (κ2) is 11.6. The first kappa shape index (κ1) is 28.6. The average Bonchev–Trinajstić information content (AvgIpc) is 3.56. The molecule has 0 fully saturated rings.